The van der Waals surface area contributed by atoms with Gasteiger partial charge in [0.25, 0.3) is 0 Å². The summed E-state index contributed by atoms with van der Waals surface area (Å²) in [5, 5.41) is 13.8. The molecule has 0 aromatic heterocycles. The number of aliphatic hydroxyl groups is 1. The third-order valence-electron chi connectivity index (χ3n) is 3.02. The molecule has 1 aromatic carbocycles. The van der Waals surface area contributed by atoms with E-state index in [9.17, 15) is 5.11 Å². The quantitative estimate of drug-likeness (QED) is 0.703. The van der Waals surface area contributed by atoms with Gasteiger partial charge < -0.3 is 24.6 Å². The normalized spacial score (nSPS) is 13.9. The van der Waals surface area contributed by atoms with Crippen molar-refractivity contribution in [1.29, 1.82) is 0 Å². The lowest BCUT2D eigenvalue weighted by Gasteiger charge is -2.27. The van der Waals surface area contributed by atoms with E-state index in [0.717, 1.165) is 0 Å². The van der Waals surface area contributed by atoms with Crippen LogP contribution >= 0.6 is 15.9 Å². The third kappa shape index (κ3) is 4.09. The SMILES string of the molecule is COCCNCC(C)(O)c1ccc(OC)c(Br)c1OC. The van der Waals surface area contributed by atoms with Crippen LogP contribution in [0.25, 0.3) is 0 Å². The van der Waals surface area contributed by atoms with Crippen molar-refractivity contribution < 1.29 is 19.3 Å². The van der Waals surface area contributed by atoms with E-state index in [1.807, 2.05) is 0 Å². The molecule has 0 spiro atoms. The summed E-state index contributed by atoms with van der Waals surface area (Å²) in [4.78, 5) is 0. The molecule has 0 amide bonds. The Kier molecular flexibility index (Phi) is 6.75. The van der Waals surface area contributed by atoms with Gasteiger partial charge in [-0.1, -0.05) is 0 Å². The van der Waals surface area contributed by atoms with Gasteiger partial charge in [0.05, 0.1) is 20.8 Å². The molecule has 5 nitrogen and oxygen atoms in total. The Hall–Kier alpha value is -0.820. The van der Waals surface area contributed by atoms with Crippen molar-refractivity contribution in [2.45, 2.75) is 12.5 Å². The summed E-state index contributed by atoms with van der Waals surface area (Å²) in [6.07, 6.45) is 0. The van der Waals surface area contributed by atoms with Gasteiger partial charge in [-0.25, -0.2) is 0 Å². The predicted molar refractivity (Wildman–Crippen MR) is 81.6 cm³/mol. The Labute approximate surface area is 128 Å². The summed E-state index contributed by atoms with van der Waals surface area (Å²) in [5.41, 5.74) is -0.369. The largest absolute Gasteiger partial charge is 0.495 e. The van der Waals surface area contributed by atoms with E-state index in [4.69, 9.17) is 14.2 Å². The zero-order valence-corrected chi connectivity index (χ0v) is 13.9. The van der Waals surface area contributed by atoms with Gasteiger partial charge in [-0.2, -0.15) is 0 Å². The molecule has 1 rings (SSSR count). The highest BCUT2D eigenvalue weighted by Crippen LogP contribution is 2.41. The maximum Gasteiger partial charge on any atom is 0.142 e. The molecular weight excluding hydrogens is 326 g/mol. The smallest absolute Gasteiger partial charge is 0.142 e. The highest BCUT2D eigenvalue weighted by Gasteiger charge is 2.28. The van der Waals surface area contributed by atoms with Crippen LogP contribution in [-0.4, -0.2) is 46.1 Å². The first-order chi connectivity index (χ1) is 9.47. The van der Waals surface area contributed by atoms with E-state index in [0.29, 0.717) is 41.2 Å². The molecule has 6 heteroatoms. The summed E-state index contributed by atoms with van der Waals surface area (Å²) < 4.78 is 16.3. The first kappa shape index (κ1) is 17.2. The number of nitrogens with one attached hydrogen (secondary N) is 1. The number of ether oxygens (including phenoxy) is 3. The molecule has 0 radical (unpaired) electrons. The van der Waals surface area contributed by atoms with Gasteiger partial charge in [-0.05, 0) is 35.0 Å². The van der Waals surface area contributed by atoms with E-state index in [1.54, 1.807) is 40.4 Å². The number of hydrogen-bond donors (Lipinski definition) is 2. The third-order valence-corrected chi connectivity index (χ3v) is 3.77. The van der Waals surface area contributed by atoms with Crippen LogP contribution in [0, 0.1) is 0 Å². The average molecular weight is 348 g/mol. The minimum Gasteiger partial charge on any atom is -0.495 e. The van der Waals surface area contributed by atoms with Crippen LogP contribution < -0.4 is 14.8 Å². The number of methoxy groups -OCH3 is 3. The second kappa shape index (κ2) is 7.83. The Morgan fingerprint density at radius 3 is 2.50 bits per heavy atom. The average Bonchev–Trinajstić information content (AvgIpc) is 2.43. The summed E-state index contributed by atoms with van der Waals surface area (Å²) in [7, 11) is 4.80. The van der Waals surface area contributed by atoms with E-state index in [-0.39, 0.29) is 0 Å². The van der Waals surface area contributed by atoms with Crippen LogP contribution in [0.15, 0.2) is 16.6 Å². The molecule has 1 aromatic rings. The Bertz CT molecular complexity index is 437. The van der Waals surface area contributed by atoms with Crippen LogP contribution in [-0.2, 0) is 10.3 Å². The van der Waals surface area contributed by atoms with Crippen LogP contribution in [0.5, 0.6) is 11.5 Å². The number of rotatable bonds is 8. The lowest BCUT2D eigenvalue weighted by atomic mass is 9.94. The number of halogens is 1. The predicted octanol–water partition coefficient (Wildman–Crippen LogP) is 1.91. The summed E-state index contributed by atoms with van der Waals surface area (Å²) in [5.74, 6) is 1.23. The van der Waals surface area contributed by atoms with Gasteiger partial charge in [0.1, 0.15) is 21.6 Å². The lowest BCUT2D eigenvalue weighted by molar-refractivity contribution is 0.0523. The van der Waals surface area contributed by atoms with Crippen molar-refractivity contribution in [3.63, 3.8) is 0 Å². The monoisotopic (exact) mass is 347 g/mol. The second-order valence-electron chi connectivity index (χ2n) is 4.61. The van der Waals surface area contributed by atoms with E-state index in [1.165, 1.54) is 0 Å². The van der Waals surface area contributed by atoms with Crippen molar-refractivity contribution in [2.24, 2.45) is 0 Å². The van der Waals surface area contributed by atoms with Gasteiger partial charge in [0.2, 0.25) is 0 Å². The zero-order valence-electron chi connectivity index (χ0n) is 12.3. The van der Waals surface area contributed by atoms with Crippen molar-refractivity contribution >= 4 is 15.9 Å². The van der Waals surface area contributed by atoms with Gasteiger partial charge in [0, 0.05) is 25.8 Å². The molecular formula is C14H22BrNO4. The van der Waals surface area contributed by atoms with Crippen LogP contribution in [0.1, 0.15) is 12.5 Å². The number of benzene rings is 1. The minimum atomic E-state index is -1.06. The first-order valence-corrected chi connectivity index (χ1v) is 7.10. The Morgan fingerprint density at radius 1 is 1.25 bits per heavy atom. The van der Waals surface area contributed by atoms with Gasteiger partial charge in [-0.15, -0.1) is 0 Å². The van der Waals surface area contributed by atoms with Gasteiger partial charge in [0.15, 0.2) is 0 Å². The molecule has 114 valence electrons. The fourth-order valence-corrected chi connectivity index (χ4v) is 2.59. The maximum absolute atomic E-state index is 10.6. The van der Waals surface area contributed by atoms with Crippen LogP contribution in [0.2, 0.25) is 0 Å². The first-order valence-electron chi connectivity index (χ1n) is 6.31. The topological polar surface area (TPSA) is 60.0 Å². The molecule has 1 unspecified atom stereocenters. The molecule has 1 atom stereocenters. The molecule has 0 bridgehead atoms. The highest BCUT2D eigenvalue weighted by atomic mass is 79.9. The molecule has 0 heterocycles. The molecule has 2 N–H and O–H groups in total. The van der Waals surface area contributed by atoms with Gasteiger partial charge in [-0.3, -0.25) is 0 Å². The fraction of sp³-hybridized carbons (Fsp3) is 0.571. The van der Waals surface area contributed by atoms with Crippen molar-refractivity contribution in [3.8, 4) is 11.5 Å². The van der Waals surface area contributed by atoms with Crippen molar-refractivity contribution in [3.05, 3.63) is 22.2 Å². The fourth-order valence-electron chi connectivity index (χ4n) is 1.92. The van der Waals surface area contributed by atoms with Crippen molar-refractivity contribution in [1.82, 2.24) is 5.32 Å². The molecule has 0 saturated carbocycles. The Morgan fingerprint density at radius 2 is 1.95 bits per heavy atom. The zero-order chi connectivity index (χ0) is 15.2. The highest BCUT2D eigenvalue weighted by molar-refractivity contribution is 9.10. The van der Waals surface area contributed by atoms with Gasteiger partial charge >= 0.3 is 0 Å². The van der Waals surface area contributed by atoms with E-state index in [2.05, 4.69) is 21.2 Å². The molecule has 0 saturated heterocycles. The van der Waals surface area contributed by atoms with E-state index >= 15 is 0 Å². The van der Waals surface area contributed by atoms with Crippen LogP contribution in [0.4, 0.5) is 0 Å². The summed E-state index contributed by atoms with van der Waals surface area (Å²) in [6.45, 7) is 3.40. The lowest BCUT2D eigenvalue weighted by Crippen LogP contribution is -2.37. The minimum absolute atomic E-state index is 0.394. The summed E-state index contributed by atoms with van der Waals surface area (Å²) >= 11 is 3.44. The van der Waals surface area contributed by atoms with Crippen molar-refractivity contribution in [2.75, 3.05) is 41.0 Å². The second-order valence-corrected chi connectivity index (χ2v) is 5.40. The summed E-state index contributed by atoms with van der Waals surface area (Å²) in [6, 6.07) is 3.60. The standard InChI is InChI=1S/C14H22BrNO4/c1-14(17,9-16-7-8-18-2)10-5-6-11(19-3)12(15)13(10)20-4/h5-6,16-17H,7-9H2,1-4H3. The molecule has 20 heavy (non-hydrogen) atoms. The Balaban J connectivity index is 2.96. The molecule has 0 aliphatic carbocycles. The molecule has 0 aliphatic rings. The number of hydrogen-bond acceptors (Lipinski definition) is 5. The molecule has 0 fully saturated rings. The van der Waals surface area contributed by atoms with Crippen LogP contribution in [0.3, 0.4) is 0 Å². The molecule has 0 aliphatic heterocycles. The maximum atomic E-state index is 10.6. The van der Waals surface area contributed by atoms with E-state index < -0.39 is 5.60 Å².